The predicted molar refractivity (Wildman–Crippen MR) is 130 cm³/mol. The number of pyridine rings is 1. The largest absolute Gasteiger partial charge is 0.356 e. The van der Waals surface area contributed by atoms with Crippen LogP contribution in [0, 0.1) is 11.2 Å². The van der Waals surface area contributed by atoms with Crippen molar-refractivity contribution in [2.24, 2.45) is 5.41 Å². The van der Waals surface area contributed by atoms with Gasteiger partial charge in [0.15, 0.2) is 0 Å². The lowest BCUT2D eigenvalue weighted by Gasteiger charge is -2.38. The Morgan fingerprint density at radius 3 is 2.53 bits per heavy atom. The Labute approximate surface area is 203 Å². The van der Waals surface area contributed by atoms with Gasteiger partial charge in [0.05, 0.1) is 5.02 Å². The van der Waals surface area contributed by atoms with Crippen LogP contribution < -0.4 is 5.32 Å². The molecule has 1 N–H and O–H groups in total. The van der Waals surface area contributed by atoms with Crippen molar-refractivity contribution in [3.63, 3.8) is 0 Å². The Morgan fingerprint density at radius 2 is 1.91 bits per heavy atom. The highest BCUT2D eigenvalue weighted by Crippen LogP contribution is 2.38. The van der Waals surface area contributed by atoms with Gasteiger partial charge >= 0.3 is 0 Å². The molecule has 178 valence electrons. The van der Waals surface area contributed by atoms with Crippen LogP contribution in [0.25, 0.3) is 22.2 Å². The first kappa shape index (κ1) is 22.8. The second-order valence-corrected chi connectivity index (χ2v) is 10.9. The van der Waals surface area contributed by atoms with Crippen molar-refractivity contribution in [1.82, 2.24) is 19.8 Å². The highest BCUT2D eigenvalue weighted by Gasteiger charge is 2.42. The number of carbonyl (C=O) groups is 2. The van der Waals surface area contributed by atoms with Crippen molar-refractivity contribution in [1.29, 1.82) is 0 Å². The Kier molecular flexibility index (Phi) is 5.43. The highest BCUT2D eigenvalue weighted by atomic mass is 35.5. The molecule has 0 atom stereocenters. The molecule has 5 rings (SSSR count). The number of piperidine rings is 1. The fraction of sp³-hybridized carbons (Fsp3) is 0.423. The molecular formula is C26H28ClFN4O2. The van der Waals surface area contributed by atoms with Gasteiger partial charge in [0.2, 0.25) is 5.91 Å². The Hall–Kier alpha value is -2.93. The second-order valence-electron chi connectivity index (χ2n) is 10.5. The van der Waals surface area contributed by atoms with Crippen LogP contribution in [0.5, 0.6) is 0 Å². The summed E-state index contributed by atoms with van der Waals surface area (Å²) < 4.78 is 16.2. The molecule has 1 aromatic carbocycles. The first-order chi connectivity index (χ1) is 16.1. The SMILES string of the molecule is CC(C)(C)n1cc(-c2ccc(Cl)c(F)c2)c2ccc(C(=O)N3CCC4(CC3)CNC(=O)C4)nc21. The Bertz CT molecular complexity index is 1300. The fourth-order valence-corrected chi connectivity index (χ4v) is 5.20. The van der Waals surface area contributed by atoms with Crippen LogP contribution in [0.1, 0.15) is 50.5 Å². The van der Waals surface area contributed by atoms with Gasteiger partial charge in [-0.05, 0) is 68.9 Å². The van der Waals surface area contributed by atoms with E-state index in [-0.39, 0.29) is 27.8 Å². The summed E-state index contributed by atoms with van der Waals surface area (Å²) in [6, 6.07) is 8.41. The second kappa shape index (κ2) is 8.08. The number of hydrogen-bond acceptors (Lipinski definition) is 3. The van der Waals surface area contributed by atoms with E-state index in [1.807, 2.05) is 21.7 Å². The number of carbonyl (C=O) groups excluding carboxylic acids is 2. The van der Waals surface area contributed by atoms with Gasteiger partial charge in [0.1, 0.15) is 17.2 Å². The number of hydrogen-bond donors (Lipinski definition) is 1. The van der Waals surface area contributed by atoms with Gasteiger partial charge in [-0.1, -0.05) is 17.7 Å². The van der Waals surface area contributed by atoms with Gasteiger partial charge in [-0.15, -0.1) is 0 Å². The van der Waals surface area contributed by atoms with Crippen LogP contribution in [0.15, 0.2) is 36.5 Å². The van der Waals surface area contributed by atoms with E-state index in [0.717, 1.165) is 23.8 Å². The maximum absolute atomic E-state index is 14.2. The topological polar surface area (TPSA) is 67.2 Å². The van der Waals surface area contributed by atoms with E-state index < -0.39 is 5.82 Å². The molecule has 8 heteroatoms. The summed E-state index contributed by atoms with van der Waals surface area (Å²) in [7, 11) is 0. The van der Waals surface area contributed by atoms with E-state index >= 15 is 0 Å². The monoisotopic (exact) mass is 482 g/mol. The molecule has 0 radical (unpaired) electrons. The number of likely N-dealkylation sites (tertiary alicyclic amines) is 1. The standard InChI is InChI=1S/C26H28ClFN4O2/c1-25(2,3)32-14-18(16-4-6-19(27)20(28)12-16)17-5-7-21(30-23(17)32)24(34)31-10-8-26(9-11-31)13-22(33)29-15-26/h4-7,12,14H,8-11,13,15H2,1-3H3,(H,29,33). The molecule has 0 bridgehead atoms. The summed E-state index contributed by atoms with van der Waals surface area (Å²) >= 11 is 5.89. The predicted octanol–water partition coefficient (Wildman–Crippen LogP) is 4.99. The van der Waals surface area contributed by atoms with Crippen molar-refractivity contribution in [2.45, 2.75) is 45.6 Å². The lowest BCUT2D eigenvalue weighted by atomic mass is 9.77. The minimum Gasteiger partial charge on any atom is -0.356 e. The average Bonchev–Trinajstić information content (AvgIpc) is 3.36. The summed E-state index contributed by atoms with van der Waals surface area (Å²) in [5.41, 5.74) is 2.30. The molecular weight excluding hydrogens is 455 g/mol. The van der Waals surface area contributed by atoms with E-state index in [2.05, 4.69) is 26.1 Å². The highest BCUT2D eigenvalue weighted by molar-refractivity contribution is 6.30. The van der Waals surface area contributed by atoms with E-state index in [0.29, 0.717) is 43.0 Å². The molecule has 3 aromatic rings. The zero-order chi connectivity index (χ0) is 24.3. The molecule has 2 fully saturated rings. The summed E-state index contributed by atoms with van der Waals surface area (Å²) in [5.74, 6) is -0.474. The summed E-state index contributed by atoms with van der Waals surface area (Å²) in [6.07, 6.45) is 4.13. The number of benzene rings is 1. The third-order valence-electron chi connectivity index (χ3n) is 7.13. The third-order valence-corrected chi connectivity index (χ3v) is 7.44. The zero-order valence-corrected chi connectivity index (χ0v) is 20.4. The molecule has 2 aromatic heterocycles. The van der Waals surface area contributed by atoms with Crippen LogP contribution >= 0.6 is 11.6 Å². The minimum atomic E-state index is -0.474. The summed E-state index contributed by atoms with van der Waals surface area (Å²) in [5, 5.41) is 3.86. The van der Waals surface area contributed by atoms with E-state index in [1.165, 1.54) is 6.07 Å². The Balaban J connectivity index is 1.48. The van der Waals surface area contributed by atoms with Crippen molar-refractivity contribution < 1.29 is 14.0 Å². The van der Waals surface area contributed by atoms with E-state index in [1.54, 1.807) is 18.2 Å². The maximum atomic E-state index is 14.2. The van der Waals surface area contributed by atoms with Crippen LogP contribution in [-0.2, 0) is 10.3 Å². The van der Waals surface area contributed by atoms with Crippen LogP contribution in [-0.4, -0.2) is 45.9 Å². The molecule has 2 saturated heterocycles. The van der Waals surface area contributed by atoms with Crippen LogP contribution in [0.4, 0.5) is 4.39 Å². The molecule has 1 spiro atoms. The first-order valence-electron chi connectivity index (χ1n) is 11.6. The number of halogens is 2. The lowest BCUT2D eigenvalue weighted by Crippen LogP contribution is -2.44. The number of aromatic nitrogens is 2. The minimum absolute atomic E-state index is 0.0189. The van der Waals surface area contributed by atoms with E-state index in [9.17, 15) is 14.0 Å². The molecule has 0 unspecified atom stereocenters. The molecule has 34 heavy (non-hydrogen) atoms. The van der Waals surface area contributed by atoms with Crippen LogP contribution in [0.2, 0.25) is 5.02 Å². The van der Waals surface area contributed by atoms with Gasteiger partial charge in [-0.25, -0.2) is 9.37 Å². The Morgan fingerprint density at radius 1 is 1.18 bits per heavy atom. The fourth-order valence-electron chi connectivity index (χ4n) is 5.08. The van der Waals surface area contributed by atoms with Crippen molar-refractivity contribution in [3.05, 3.63) is 53.1 Å². The number of amides is 2. The molecule has 2 amide bonds. The molecule has 6 nitrogen and oxygen atoms in total. The first-order valence-corrected chi connectivity index (χ1v) is 12.0. The molecule has 0 aliphatic carbocycles. The van der Waals surface area contributed by atoms with Crippen LogP contribution in [0.3, 0.4) is 0 Å². The molecule has 2 aliphatic heterocycles. The average molecular weight is 483 g/mol. The molecule has 0 saturated carbocycles. The maximum Gasteiger partial charge on any atom is 0.272 e. The molecule has 2 aliphatic rings. The van der Waals surface area contributed by atoms with Gasteiger partial charge in [-0.2, -0.15) is 0 Å². The van der Waals surface area contributed by atoms with Gasteiger partial charge < -0.3 is 14.8 Å². The summed E-state index contributed by atoms with van der Waals surface area (Å²) in [6.45, 7) is 8.12. The van der Waals surface area contributed by atoms with Crippen molar-refractivity contribution in [2.75, 3.05) is 19.6 Å². The molecule has 4 heterocycles. The van der Waals surface area contributed by atoms with Gasteiger partial charge in [-0.3, -0.25) is 9.59 Å². The van der Waals surface area contributed by atoms with Gasteiger partial charge in [0.25, 0.3) is 5.91 Å². The third kappa shape index (κ3) is 3.96. The number of rotatable bonds is 2. The van der Waals surface area contributed by atoms with Crippen molar-refractivity contribution in [3.8, 4) is 11.1 Å². The number of nitrogens with one attached hydrogen (secondary N) is 1. The van der Waals surface area contributed by atoms with Gasteiger partial charge in [0, 0.05) is 48.7 Å². The smallest absolute Gasteiger partial charge is 0.272 e. The van der Waals surface area contributed by atoms with Crippen molar-refractivity contribution >= 4 is 34.4 Å². The van der Waals surface area contributed by atoms with E-state index in [4.69, 9.17) is 16.6 Å². The summed E-state index contributed by atoms with van der Waals surface area (Å²) in [4.78, 5) is 31.7. The number of nitrogens with zero attached hydrogens (tertiary/aromatic N) is 3. The normalized spacial score (nSPS) is 18.0. The lowest BCUT2D eigenvalue weighted by molar-refractivity contribution is -0.119. The zero-order valence-electron chi connectivity index (χ0n) is 19.6. The quantitative estimate of drug-likeness (QED) is 0.559. The number of fused-ring (bicyclic) bond motifs is 1.